The van der Waals surface area contributed by atoms with Gasteiger partial charge in [0.05, 0.1) is 13.2 Å². The molecule has 0 amide bonds. The summed E-state index contributed by atoms with van der Waals surface area (Å²) in [6.45, 7) is 12.4. The highest BCUT2D eigenvalue weighted by molar-refractivity contribution is 5.32. The van der Waals surface area contributed by atoms with Gasteiger partial charge >= 0.3 is 0 Å². The highest BCUT2D eigenvalue weighted by Crippen LogP contribution is 2.25. The van der Waals surface area contributed by atoms with Crippen LogP contribution in [-0.4, -0.2) is 30.4 Å². The van der Waals surface area contributed by atoms with Gasteiger partial charge in [0.15, 0.2) is 0 Å². The van der Waals surface area contributed by atoms with Gasteiger partial charge in [-0.15, -0.1) is 0 Å². The summed E-state index contributed by atoms with van der Waals surface area (Å²) in [4.78, 5) is 0. The first-order valence-corrected chi connectivity index (χ1v) is 7.90. The molecule has 1 unspecified atom stereocenters. The van der Waals surface area contributed by atoms with E-state index in [4.69, 9.17) is 4.74 Å². The first kappa shape index (κ1) is 18.0. The summed E-state index contributed by atoms with van der Waals surface area (Å²) in [7, 11) is 0. The predicted molar refractivity (Wildman–Crippen MR) is 89.0 cm³/mol. The Balaban J connectivity index is 2.46. The topological polar surface area (TPSA) is 41.5 Å². The second kappa shape index (κ2) is 7.81. The van der Waals surface area contributed by atoms with Crippen molar-refractivity contribution < 1.29 is 9.84 Å². The highest BCUT2D eigenvalue weighted by atomic mass is 16.5. The molecule has 0 spiro atoms. The molecule has 0 saturated carbocycles. The van der Waals surface area contributed by atoms with Crippen LogP contribution in [0.1, 0.15) is 53.0 Å². The van der Waals surface area contributed by atoms with Crippen molar-refractivity contribution in [2.24, 2.45) is 0 Å². The van der Waals surface area contributed by atoms with Gasteiger partial charge in [0.1, 0.15) is 5.75 Å². The van der Waals surface area contributed by atoms with E-state index in [2.05, 4.69) is 52.1 Å². The Morgan fingerprint density at radius 3 is 2.48 bits per heavy atom. The van der Waals surface area contributed by atoms with Crippen LogP contribution >= 0.6 is 0 Å². The van der Waals surface area contributed by atoms with Crippen molar-refractivity contribution in [3.05, 3.63) is 29.8 Å². The second-order valence-electron chi connectivity index (χ2n) is 6.98. The largest absolute Gasteiger partial charge is 0.494 e. The van der Waals surface area contributed by atoms with E-state index in [1.54, 1.807) is 0 Å². The minimum atomic E-state index is -0.203. The zero-order chi connectivity index (χ0) is 15.9. The molecule has 120 valence electrons. The van der Waals surface area contributed by atoms with E-state index in [1.165, 1.54) is 5.56 Å². The molecule has 0 aliphatic heterocycles. The first-order chi connectivity index (χ1) is 9.80. The van der Waals surface area contributed by atoms with Crippen molar-refractivity contribution in [3.8, 4) is 5.75 Å². The van der Waals surface area contributed by atoms with E-state index in [0.29, 0.717) is 6.61 Å². The van der Waals surface area contributed by atoms with Gasteiger partial charge in [-0.25, -0.2) is 0 Å². The first-order valence-electron chi connectivity index (χ1n) is 7.90. The summed E-state index contributed by atoms with van der Waals surface area (Å²) in [6.07, 6.45) is 1.82. The van der Waals surface area contributed by atoms with Crippen LogP contribution in [0.3, 0.4) is 0 Å². The summed E-state index contributed by atoms with van der Waals surface area (Å²) in [5.41, 5.74) is 1.22. The van der Waals surface area contributed by atoms with Crippen molar-refractivity contribution in [3.63, 3.8) is 0 Å². The average molecular weight is 293 g/mol. The summed E-state index contributed by atoms with van der Waals surface area (Å²) in [5, 5.41) is 12.8. The van der Waals surface area contributed by atoms with Gasteiger partial charge in [0.2, 0.25) is 0 Å². The molecule has 0 radical (unpaired) electrons. The Labute approximate surface area is 129 Å². The minimum Gasteiger partial charge on any atom is -0.494 e. The molecule has 1 aromatic carbocycles. The van der Waals surface area contributed by atoms with Gasteiger partial charge in [0, 0.05) is 5.54 Å². The molecular weight excluding hydrogens is 262 g/mol. The predicted octanol–water partition coefficient (Wildman–Crippen LogP) is 3.50. The lowest BCUT2D eigenvalue weighted by molar-refractivity contribution is 0.158. The maximum atomic E-state index is 9.46. The number of ether oxygens (including phenoxy) is 1. The Bertz CT molecular complexity index is 425. The van der Waals surface area contributed by atoms with Gasteiger partial charge < -0.3 is 15.2 Å². The lowest BCUT2D eigenvalue weighted by atomic mass is 9.87. The molecule has 0 heterocycles. The van der Waals surface area contributed by atoms with Gasteiger partial charge in [-0.2, -0.15) is 0 Å². The number of aliphatic hydroxyl groups is 1. The molecule has 1 rings (SSSR count). The molecule has 1 atom stereocenters. The van der Waals surface area contributed by atoms with Crippen molar-refractivity contribution in [2.45, 2.75) is 58.4 Å². The Hall–Kier alpha value is -1.06. The van der Waals surface area contributed by atoms with Crippen LogP contribution in [0.5, 0.6) is 5.75 Å². The number of benzene rings is 1. The molecule has 0 saturated heterocycles. The summed E-state index contributed by atoms with van der Waals surface area (Å²) in [6, 6.07) is 8.31. The monoisotopic (exact) mass is 293 g/mol. The van der Waals surface area contributed by atoms with Crippen LogP contribution in [0.25, 0.3) is 0 Å². The Kier molecular flexibility index (Phi) is 6.69. The lowest BCUT2D eigenvalue weighted by Gasteiger charge is -2.28. The average Bonchev–Trinajstić information content (AvgIpc) is 2.43. The molecule has 3 heteroatoms. The maximum absolute atomic E-state index is 9.46. The standard InChI is InChI=1S/C18H31NO2/c1-6-19-18(5,14-20)11-8-12-21-16-10-7-9-15(13-16)17(2,3)4/h7,9-10,13,19-20H,6,8,11-12,14H2,1-5H3. The van der Waals surface area contributed by atoms with E-state index in [1.807, 2.05) is 12.1 Å². The fourth-order valence-electron chi connectivity index (χ4n) is 2.35. The number of aliphatic hydroxyl groups excluding tert-OH is 1. The zero-order valence-corrected chi connectivity index (χ0v) is 14.2. The molecule has 1 aromatic rings. The summed E-state index contributed by atoms with van der Waals surface area (Å²) >= 11 is 0. The van der Waals surface area contributed by atoms with E-state index in [9.17, 15) is 5.11 Å². The molecule has 2 N–H and O–H groups in total. The highest BCUT2D eigenvalue weighted by Gasteiger charge is 2.21. The van der Waals surface area contributed by atoms with Crippen LogP contribution in [0.15, 0.2) is 24.3 Å². The van der Waals surface area contributed by atoms with Crippen molar-refractivity contribution in [2.75, 3.05) is 19.8 Å². The third-order valence-electron chi connectivity index (χ3n) is 3.79. The van der Waals surface area contributed by atoms with E-state index in [0.717, 1.165) is 25.1 Å². The molecule has 0 bridgehead atoms. The number of hydrogen-bond acceptors (Lipinski definition) is 3. The third kappa shape index (κ3) is 6.06. The van der Waals surface area contributed by atoms with E-state index >= 15 is 0 Å². The van der Waals surface area contributed by atoms with Gasteiger partial charge in [-0.05, 0) is 49.4 Å². The number of nitrogens with one attached hydrogen (secondary N) is 1. The lowest BCUT2D eigenvalue weighted by Crippen LogP contribution is -2.45. The quantitative estimate of drug-likeness (QED) is 0.721. The third-order valence-corrected chi connectivity index (χ3v) is 3.79. The Morgan fingerprint density at radius 1 is 1.19 bits per heavy atom. The maximum Gasteiger partial charge on any atom is 0.119 e. The molecule has 0 aliphatic carbocycles. The number of likely N-dealkylation sites (N-methyl/N-ethyl adjacent to an activating group) is 1. The fraction of sp³-hybridized carbons (Fsp3) is 0.667. The van der Waals surface area contributed by atoms with Crippen molar-refractivity contribution in [1.29, 1.82) is 0 Å². The SMILES string of the molecule is CCNC(C)(CO)CCCOc1cccc(C(C)(C)C)c1. The van der Waals surface area contributed by atoms with Gasteiger partial charge in [-0.3, -0.25) is 0 Å². The molecule has 3 nitrogen and oxygen atoms in total. The number of rotatable bonds is 8. The van der Waals surface area contributed by atoms with E-state index < -0.39 is 0 Å². The number of hydrogen-bond donors (Lipinski definition) is 2. The summed E-state index contributed by atoms with van der Waals surface area (Å²) < 4.78 is 5.85. The van der Waals surface area contributed by atoms with Crippen LogP contribution in [-0.2, 0) is 5.41 Å². The normalized spacial score (nSPS) is 14.8. The smallest absolute Gasteiger partial charge is 0.119 e. The van der Waals surface area contributed by atoms with Gasteiger partial charge in [0.25, 0.3) is 0 Å². The van der Waals surface area contributed by atoms with Crippen LogP contribution in [0.4, 0.5) is 0 Å². The molecular formula is C18H31NO2. The van der Waals surface area contributed by atoms with Crippen molar-refractivity contribution in [1.82, 2.24) is 5.32 Å². The summed E-state index contributed by atoms with van der Waals surface area (Å²) in [5.74, 6) is 0.927. The van der Waals surface area contributed by atoms with Crippen LogP contribution in [0, 0.1) is 0 Å². The second-order valence-corrected chi connectivity index (χ2v) is 6.98. The van der Waals surface area contributed by atoms with E-state index in [-0.39, 0.29) is 17.6 Å². The molecule has 0 aliphatic rings. The fourth-order valence-corrected chi connectivity index (χ4v) is 2.35. The minimum absolute atomic E-state index is 0.139. The Morgan fingerprint density at radius 2 is 1.90 bits per heavy atom. The van der Waals surface area contributed by atoms with Gasteiger partial charge in [-0.1, -0.05) is 39.8 Å². The van der Waals surface area contributed by atoms with Crippen LogP contribution < -0.4 is 10.1 Å². The molecule has 0 aromatic heterocycles. The van der Waals surface area contributed by atoms with Crippen molar-refractivity contribution >= 4 is 0 Å². The molecule has 0 fully saturated rings. The zero-order valence-electron chi connectivity index (χ0n) is 14.2. The van der Waals surface area contributed by atoms with Crippen LogP contribution in [0.2, 0.25) is 0 Å². The molecule has 21 heavy (non-hydrogen) atoms.